The molecule has 2 heterocycles. The van der Waals surface area contributed by atoms with Crippen molar-refractivity contribution in [2.45, 2.75) is 6.92 Å². The number of anilines is 2. The molecule has 1 aromatic heterocycles. The number of hydrogen-bond acceptors (Lipinski definition) is 5. The molecule has 0 spiro atoms. The lowest BCUT2D eigenvalue weighted by molar-refractivity contribution is -0.120. The molecule has 0 bridgehead atoms. The van der Waals surface area contributed by atoms with E-state index in [9.17, 15) is 9.59 Å². The summed E-state index contributed by atoms with van der Waals surface area (Å²) in [6.45, 7) is 1.96. The first-order chi connectivity index (χ1) is 13.6. The summed E-state index contributed by atoms with van der Waals surface area (Å²) in [6, 6.07) is 18.3. The van der Waals surface area contributed by atoms with E-state index in [0.717, 1.165) is 10.4 Å². The highest BCUT2D eigenvalue weighted by molar-refractivity contribution is 7.11. The number of rotatable bonds is 5. The topological polar surface area (TPSA) is 58.6 Å². The molecular weight excluding hydrogens is 372 g/mol. The van der Waals surface area contributed by atoms with Gasteiger partial charge in [-0.3, -0.25) is 9.59 Å². The van der Waals surface area contributed by atoms with Crippen LogP contribution < -0.4 is 15.0 Å². The maximum atomic E-state index is 13.2. The fraction of sp³-hybridized carbons (Fsp3) is 0.0909. The predicted molar refractivity (Wildman–Crippen MR) is 112 cm³/mol. The highest BCUT2D eigenvalue weighted by atomic mass is 32.1. The predicted octanol–water partition coefficient (Wildman–Crippen LogP) is 4.46. The molecule has 1 N–H and O–H groups in total. The maximum Gasteiger partial charge on any atom is 0.282 e. The van der Waals surface area contributed by atoms with E-state index in [1.165, 1.54) is 16.2 Å². The zero-order valence-electron chi connectivity index (χ0n) is 15.4. The molecule has 0 fully saturated rings. The SMILES string of the molecule is COc1cccc(NC2=C(c3cccs3)C(=O)N(c3ccc(C)cc3)C2=O)c1. The van der Waals surface area contributed by atoms with Crippen molar-refractivity contribution >= 4 is 40.1 Å². The Morgan fingerprint density at radius 1 is 0.964 bits per heavy atom. The second-order valence-corrected chi connectivity index (χ2v) is 7.31. The van der Waals surface area contributed by atoms with Crippen LogP contribution in [0.15, 0.2) is 71.7 Å². The summed E-state index contributed by atoms with van der Waals surface area (Å²) in [6.07, 6.45) is 0. The summed E-state index contributed by atoms with van der Waals surface area (Å²) in [4.78, 5) is 28.4. The summed E-state index contributed by atoms with van der Waals surface area (Å²) in [5.74, 6) is -0.0443. The molecule has 1 aliphatic rings. The molecule has 0 unspecified atom stereocenters. The van der Waals surface area contributed by atoms with Crippen LogP contribution in [0.1, 0.15) is 10.4 Å². The third-order valence-electron chi connectivity index (χ3n) is 4.48. The molecule has 3 aromatic rings. The minimum absolute atomic E-state index is 0.265. The van der Waals surface area contributed by atoms with Crippen molar-refractivity contribution in [3.05, 3.63) is 82.2 Å². The average molecular weight is 390 g/mol. The lowest BCUT2D eigenvalue weighted by atomic mass is 10.1. The van der Waals surface area contributed by atoms with Gasteiger partial charge in [0, 0.05) is 16.6 Å². The first-order valence-electron chi connectivity index (χ1n) is 8.73. The van der Waals surface area contributed by atoms with Gasteiger partial charge in [0.15, 0.2) is 0 Å². The number of ether oxygens (including phenoxy) is 1. The first kappa shape index (κ1) is 18.0. The van der Waals surface area contributed by atoms with Crippen molar-refractivity contribution in [1.82, 2.24) is 0 Å². The van der Waals surface area contributed by atoms with Gasteiger partial charge in [-0.25, -0.2) is 4.90 Å². The minimum atomic E-state index is -0.375. The molecule has 4 rings (SSSR count). The van der Waals surface area contributed by atoms with Gasteiger partial charge < -0.3 is 10.1 Å². The number of carbonyl (C=O) groups excluding carboxylic acids is 2. The van der Waals surface area contributed by atoms with Crippen LogP contribution in [-0.2, 0) is 9.59 Å². The number of thiophene rings is 1. The number of methoxy groups -OCH3 is 1. The highest BCUT2D eigenvalue weighted by Gasteiger charge is 2.40. The first-order valence-corrected chi connectivity index (χ1v) is 9.61. The quantitative estimate of drug-likeness (QED) is 0.654. The standard InChI is InChI=1S/C22H18N2O3S/c1-14-8-10-16(11-9-14)24-21(25)19(18-7-4-12-28-18)20(22(24)26)23-15-5-3-6-17(13-15)27-2/h3-13,23H,1-2H3. The molecule has 1 aliphatic heterocycles. The van der Waals surface area contributed by atoms with Crippen LogP contribution in [0, 0.1) is 6.92 Å². The van der Waals surface area contributed by atoms with Gasteiger partial charge in [-0.1, -0.05) is 29.8 Å². The lowest BCUT2D eigenvalue weighted by Crippen LogP contribution is -2.32. The fourth-order valence-electron chi connectivity index (χ4n) is 3.07. The Bertz CT molecular complexity index is 1070. The smallest absolute Gasteiger partial charge is 0.282 e. The molecule has 0 atom stereocenters. The Hall–Kier alpha value is -3.38. The number of carbonyl (C=O) groups is 2. The molecule has 5 nitrogen and oxygen atoms in total. The third-order valence-corrected chi connectivity index (χ3v) is 5.37. The van der Waals surface area contributed by atoms with E-state index in [2.05, 4.69) is 5.32 Å². The summed E-state index contributed by atoms with van der Waals surface area (Å²) < 4.78 is 5.25. The summed E-state index contributed by atoms with van der Waals surface area (Å²) in [5.41, 5.74) is 2.93. The largest absolute Gasteiger partial charge is 0.497 e. The molecule has 6 heteroatoms. The number of amides is 2. The fourth-order valence-corrected chi connectivity index (χ4v) is 3.84. The van der Waals surface area contributed by atoms with Crippen LogP contribution in [0.5, 0.6) is 5.75 Å². The summed E-state index contributed by atoms with van der Waals surface area (Å²) >= 11 is 1.43. The number of imide groups is 1. The molecule has 0 saturated carbocycles. The summed E-state index contributed by atoms with van der Waals surface area (Å²) in [7, 11) is 1.58. The van der Waals surface area contributed by atoms with Crippen molar-refractivity contribution in [2.75, 3.05) is 17.3 Å². The van der Waals surface area contributed by atoms with E-state index in [1.807, 2.05) is 54.8 Å². The maximum absolute atomic E-state index is 13.2. The molecule has 0 aliphatic carbocycles. The number of nitrogens with one attached hydrogen (secondary N) is 1. The molecule has 2 amide bonds. The van der Waals surface area contributed by atoms with Gasteiger partial charge in [-0.2, -0.15) is 0 Å². The third kappa shape index (κ3) is 3.18. The zero-order valence-corrected chi connectivity index (χ0v) is 16.2. The van der Waals surface area contributed by atoms with Crippen LogP contribution in [-0.4, -0.2) is 18.9 Å². The van der Waals surface area contributed by atoms with Gasteiger partial charge in [0.2, 0.25) is 0 Å². The molecule has 0 radical (unpaired) electrons. The van der Waals surface area contributed by atoms with Crippen LogP contribution in [0.4, 0.5) is 11.4 Å². The van der Waals surface area contributed by atoms with E-state index >= 15 is 0 Å². The number of aryl methyl sites for hydroxylation is 1. The normalized spacial score (nSPS) is 14.0. The lowest BCUT2D eigenvalue weighted by Gasteiger charge is -2.15. The van der Waals surface area contributed by atoms with E-state index in [4.69, 9.17) is 4.74 Å². The van der Waals surface area contributed by atoms with E-state index < -0.39 is 0 Å². The van der Waals surface area contributed by atoms with Crippen molar-refractivity contribution < 1.29 is 14.3 Å². The number of benzene rings is 2. The second kappa shape index (κ2) is 7.32. The van der Waals surface area contributed by atoms with Crippen LogP contribution in [0.2, 0.25) is 0 Å². The number of hydrogen-bond donors (Lipinski definition) is 1. The zero-order chi connectivity index (χ0) is 19.7. The van der Waals surface area contributed by atoms with Crippen molar-refractivity contribution in [3.63, 3.8) is 0 Å². The number of nitrogens with zero attached hydrogens (tertiary/aromatic N) is 1. The Labute approximate surface area is 166 Å². The second-order valence-electron chi connectivity index (χ2n) is 6.37. The van der Waals surface area contributed by atoms with Gasteiger partial charge in [0.25, 0.3) is 11.8 Å². The van der Waals surface area contributed by atoms with Crippen molar-refractivity contribution in [2.24, 2.45) is 0 Å². The molecule has 2 aromatic carbocycles. The minimum Gasteiger partial charge on any atom is -0.497 e. The van der Waals surface area contributed by atoms with Crippen molar-refractivity contribution in [1.29, 1.82) is 0 Å². The Balaban J connectivity index is 1.78. The molecule has 0 saturated heterocycles. The van der Waals surface area contributed by atoms with Crippen LogP contribution in [0.3, 0.4) is 0 Å². The van der Waals surface area contributed by atoms with E-state index in [1.54, 1.807) is 25.3 Å². The van der Waals surface area contributed by atoms with E-state index in [-0.39, 0.29) is 17.5 Å². The van der Waals surface area contributed by atoms with Gasteiger partial charge in [0.05, 0.1) is 18.4 Å². The van der Waals surface area contributed by atoms with E-state index in [0.29, 0.717) is 22.7 Å². The molecule has 140 valence electrons. The average Bonchev–Trinajstić information content (AvgIpc) is 3.30. The van der Waals surface area contributed by atoms with Crippen molar-refractivity contribution in [3.8, 4) is 5.75 Å². The Morgan fingerprint density at radius 3 is 2.43 bits per heavy atom. The Morgan fingerprint density at radius 2 is 1.75 bits per heavy atom. The van der Waals surface area contributed by atoms with Crippen LogP contribution >= 0.6 is 11.3 Å². The molecule has 28 heavy (non-hydrogen) atoms. The monoisotopic (exact) mass is 390 g/mol. The Kier molecular flexibility index (Phi) is 4.71. The van der Waals surface area contributed by atoms with Gasteiger partial charge in [-0.05, 0) is 42.6 Å². The summed E-state index contributed by atoms with van der Waals surface area (Å²) in [5, 5.41) is 5.03. The molecular formula is C22H18N2O3S. The highest BCUT2D eigenvalue weighted by Crippen LogP contribution is 2.35. The van der Waals surface area contributed by atoms with Gasteiger partial charge in [0.1, 0.15) is 11.4 Å². The van der Waals surface area contributed by atoms with Gasteiger partial charge >= 0.3 is 0 Å². The van der Waals surface area contributed by atoms with Gasteiger partial charge in [-0.15, -0.1) is 11.3 Å². The van der Waals surface area contributed by atoms with Crippen LogP contribution in [0.25, 0.3) is 5.57 Å².